The van der Waals surface area contributed by atoms with Crippen molar-refractivity contribution in [2.24, 2.45) is 12.8 Å². The van der Waals surface area contributed by atoms with E-state index in [4.69, 9.17) is 10.5 Å². The molecular formula is C18H15F6N5O3. The number of amides is 1. The fourth-order valence-electron chi connectivity index (χ4n) is 2.84. The highest BCUT2D eigenvalue weighted by Crippen LogP contribution is 2.40. The van der Waals surface area contributed by atoms with E-state index >= 15 is 0 Å². The molecule has 3 aromatic rings. The topological polar surface area (TPSA) is 97.2 Å². The molecule has 14 heteroatoms. The van der Waals surface area contributed by atoms with E-state index in [0.717, 1.165) is 9.36 Å². The fourth-order valence-corrected chi connectivity index (χ4v) is 2.84. The van der Waals surface area contributed by atoms with Gasteiger partial charge in [0.25, 0.3) is 0 Å². The van der Waals surface area contributed by atoms with Gasteiger partial charge in [0.2, 0.25) is 11.8 Å². The lowest BCUT2D eigenvalue weighted by molar-refractivity contribution is -0.325. The van der Waals surface area contributed by atoms with Crippen molar-refractivity contribution < 1.29 is 40.6 Å². The molecule has 0 saturated heterocycles. The second kappa shape index (κ2) is 8.53. The average Bonchev–Trinajstić information content (AvgIpc) is 3.28. The average molecular weight is 463 g/mol. The molecule has 0 aliphatic carbocycles. The van der Waals surface area contributed by atoms with Crippen LogP contribution in [0.25, 0.3) is 16.9 Å². The molecular weight excluding hydrogens is 448 g/mol. The summed E-state index contributed by atoms with van der Waals surface area (Å²) in [6.07, 6.45) is -7.36. The Labute approximate surface area is 176 Å². The third-order valence-corrected chi connectivity index (χ3v) is 4.14. The summed E-state index contributed by atoms with van der Waals surface area (Å²) >= 11 is 0. The molecule has 0 atom stereocenters. The zero-order valence-corrected chi connectivity index (χ0v) is 16.2. The maximum Gasteiger partial charge on any atom is 0.522 e. The Bertz CT molecular complexity index is 1120. The predicted molar refractivity (Wildman–Crippen MR) is 96.8 cm³/mol. The molecule has 0 radical (unpaired) electrons. The number of alkyl halides is 6. The van der Waals surface area contributed by atoms with Crippen molar-refractivity contribution in [1.82, 2.24) is 19.6 Å². The van der Waals surface area contributed by atoms with Crippen molar-refractivity contribution in [2.75, 3.05) is 13.2 Å². The van der Waals surface area contributed by atoms with E-state index < -0.39 is 48.9 Å². The zero-order valence-electron chi connectivity index (χ0n) is 16.2. The van der Waals surface area contributed by atoms with E-state index in [-0.39, 0.29) is 5.56 Å². The van der Waals surface area contributed by atoms with Crippen molar-refractivity contribution in [3.05, 3.63) is 47.8 Å². The van der Waals surface area contributed by atoms with Crippen LogP contribution in [0.1, 0.15) is 15.9 Å². The Kier molecular flexibility index (Phi) is 6.16. The molecule has 8 nitrogen and oxygen atoms in total. The number of benzene rings is 1. The van der Waals surface area contributed by atoms with Gasteiger partial charge in [-0.25, -0.2) is 9.36 Å². The normalized spacial score (nSPS) is 12.2. The SMILES string of the molecule is Cn1nc(OCCOC(F)(F)F)c(C(F)(F)F)c1-n1cc(-c2cccc(C(N)=O)c2)cn1. The van der Waals surface area contributed by atoms with E-state index in [1.54, 1.807) is 12.1 Å². The Morgan fingerprint density at radius 2 is 1.84 bits per heavy atom. The Balaban J connectivity index is 1.94. The number of primary amides is 1. The van der Waals surface area contributed by atoms with Crippen LogP contribution < -0.4 is 10.5 Å². The van der Waals surface area contributed by atoms with Crippen molar-refractivity contribution in [2.45, 2.75) is 12.5 Å². The number of hydrogen-bond acceptors (Lipinski definition) is 5. The second-order valence-electron chi connectivity index (χ2n) is 6.39. The number of ether oxygens (including phenoxy) is 2. The first kappa shape index (κ1) is 23.1. The number of hydrogen-bond donors (Lipinski definition) is 1. The Morgan fingerprint density at radius 3 is 2.47 bits per heavy atom. The summed E-state index contributed by atoms with van der Waals surface area (Å²) in [4.78, 5) is 11.4. The summed E-state index contributed by atoms with van der Waals surface area (Å²) < 4.78 is 87.3. The summed E-state index contributed by atoms with van der Waals surface area (Å²) in [6.45, 7) is -1.84. The van der Waals surface area contributed by atoms with Crippen LogP contribution in [0, 0.1) is 0 Å². The van der Waals surface area contributed by atoms with Gasteiger partial charge in [0.1, 0.15) is 6.61 Å². The highest BCUT2D eigenvalue weighted by atomic mass is 19.4. The first-order chi connectivity index (χ1) is 14.9. The summed E-state index contributed by atoms with van der Waals surface area (Å²) in [5.74, 6) is -2.13. The number of halogens is 6. The lowest BCUT2D eigenvalue weighted by Crippen LogP contribution is -2.19. The van der Waals surface area contributed by atoms with Gasteiger partial charge < -0.3 is 10.5 Å². The van der Waals surface area contributed by atoms with Gasteiger partial charge in [0.05, 0.1) is 12.8 Å². The number of nitrogens with two attached hydrogens (primary N) is 1. The van der Waals surface area contributed by atoms with Gasteiger partial charge in [-0.3, -0.25) is 9.53 Å². The number of rotatable bonds is 7. The molecule has 1 amide bonds. The van der Waals surface area contributed by atoms with Gasteiger partial charge in [-0.05, 0) is 17.7 Å². The summed E-state index contributed by atoms with van der Waals surface area (Å²) in [6, 6.07) is 6.09. The van der Waals surface area contributed by atoms with Crippen LogP contribution in [-0.2, 0) is 18.0 Å². The van der Waals surface area contributed by atoms with Crippen LogP contribution in [0.5, 0.6) is 5.88 Å². The lowest BCUT2D eigenvalue weighted by atomic mass is 10.1. The Hall–Kier alpha value is -3.55. The molecule has 0 unspecified atom stereocenters. The maximum absolute atomic E-state index is 13.7. The van der Waals surface area contributed by atoms with Gasteiger partial charge in [0, 0.05) is 24.4 Å². The molecule has 2 N–H and O–H groups in total. The van der Waals surface area contributed by atoms with Gasteiger partial charge >= 0.3 is 12.5 Å². The Morgan fingerprint density at radius 1 is 1.12 bits per heavy atom. The molecule has 2 aromatic heterocycles. The van der Waals surface area contributed by atoms with Gasteiger partial charge in [0.15, 0.2) is 11.4 Å². The standard InChI is InChI=1S/C18H15F6N5O3/c1-28-16(13(17(19,20)21)15(27-28)31-5-6-32-18(22,23)24)29-9-12(8-26-29)10-3-2-4-11(7-10)14(25)30/h2-4,7-9H,5-6H2,1H3,(H2,25,30). The maximum atomic E-state index is 13.7. The number of aromatic nitrogens is 4. The third-order valence-electron chi connectivity index (χ3n) is 4.14. The van der Waals surface area contributed by atoms with E-state index in [9.17, 15) is 31.1 Å². The minimum absolute atomic E-state index is 0.198. The van der Waals surface area contributed by atoms with Gasteiger partial charge in [-0.1, -0.05) is 12.1 Å². The zero-order chi connectivity index (χ0) is 23.7. The molecule has 172 valence electrons. The largest absolute Gasteiger partial charge is 0.522 e. The van der Waals surface area contributed by atoms with Crippen LogP contribution in [0.15, 0.2) is 36.7 Å². The molecule has 2 heterocycles. The minimum Gasteiger partial charge on any atom is -0.474 e. The first-order valence-corrected chi connectivity index (χ1v) is 8.80. The molecule has 3 rings (SSSR count). The van der Waals surface area contributed by atoms with Crippen LogP contribution in [0.3, 0.4) is 0 Å². The van der Waals surface area contributed by atoms with E-state index in [1.807, 2.05) is 0 Å². The molecule has 32 heavy (non-hydrogen) atoms. The molecule has 1 aromatic carbocycles. The smallest absolute Gasteiger partial charge is 0.474 e. The number of nitrogens with zero attached hydrogens (tertiary/aromatic N) is 4. The van der Waals surface area contributed by atoms with Crippen molar-refractivity contribution in [3.8, 4) is 22.8 Å². The summed E-state index contributed by atoms with van der Waals surface area (Å²) in [5.41, 5.74) is 4.97. The molecule has 0 aliphatic rings. The monoisotopic (exact) mass is 463 g/mol. The van der Waals surface area contributed by atoms with Crippen LogP contribution >= 0.6 is 0 Å². The number of carbonyl (C=O) groups excluding carboxylic acids is 1. The van der Waals surface area contributed by atoms with E-state index in [1.165, 1.54) is 31.6 Å². The van der Waals surface area contributed by atoms with Crippen molar-refractivity contribution >= 4 is 5.91 Å². The van der Waals surface area contributed by atoms with Crippen LogP contribution in [-0.4, -0.2) is 45.0 Å². The first-order valence-electron chi connectivity index (χ1n) is 8.80. The van der Waals surface area contributed by atoms with E-state index in [2.05, 4.69) is 14.9 Å². The van der Waals surface area contributed by atoms with Gasteiger partial charge in [-0.15, -0.1) is 18.3 Å². The molecule has 0 fully saturated rings. The predicted octanol–water partition coefficient (Wildman–Crippen LogP) is 3.31. The quantitative estimate of drug-likeness (QED) is 0.429. The van der Waals surface area contributed by atoms with Crippen LogP contribution in [0.2, 0.25) is 0 Å². The minimum atomic E-state index is -4.96. The molecule has 0 bridgehead atoms. The number of carbonyl (C=O) groups is 1. The molecule has 0 aliphatic heterocycles. The van der Waals surface area contributed by atoms with Gasteiger partial charge in [-0.2, -0.15) is 18.3 Å². The van der Waals surface area contributed by atoms with Crippen LogP contribution in [0.4, 0.5) is 26.3 Å². The summed E-state index contributed by atoms with van der Waals surface area (Å²) in [7, 11) is 1.19. The highest BCUT2D eigenvalue weighted by Gasteiger charge is 2.42. The fraction of sp³-hybridized carbons (Fsp3) is 0.278. The highest BCUT2D eigenvalue weighted by molar-refractivity contribution is 5.94. The van der Waals surface area contributed by atoms with Crippen molar-refractivity contribution in [1.29, 1.82) is 0 Å². The lowest BCUT2D eigenvalue weighted by Gasteiger charge is -2.11. The van der Waals surface area contributed by atoms with Crippen molar-refractivity contribution in [3.63, 3.8) is 0 Å². The number of aryl methyl sites for hydroxylation is 1. The molecule has 0 saturated carbocycles. The van der Waals surface area contributed by atoms with E-state index in [0.29, 0.717) is 11.1 Å². The third kappa shape index (κ3) is 5.19. The molecule has 0 spiro atoms. The summed E-state index contributed by atoms with van der Waals surface area (Å²) in [5, 5.41) is 7.55. The second-order valence-corrected chi connectivity index (χ2v) is 6.39.